The molecule has 38 heavy (non-hydrogen) atoms. The van der Waals surface area contributed by atoms with Gasteiger partial charge in [0.25, 0.3) is 0 Å². The van der Waals surface area contributed by atoms with E-state index in [1.807, 2.05) is 42.5 Å². The first-order valence-corrected chi connectivity index (χ1v) is 12.9. The van der Waals surface area contributed by atoms with E-state index < -0.39 is 5.54 Å². The Morgan fingerprint density at radius 2 is 1.84 bits per heavy atom. The molecular weight excluding hydrogens is 492 g/mol. The van der Waals surface area contributed by atoms with Crippen LogP contribution in [0.2, 0.25) is 0 Å². The van der Waals surface area contributed by atoms with Crippen LogP contribution in [0.25, 0.3) is 11.0 Å². The first-order chi connectivity index (χ1) is 18.6. The number of fused-ring (bicyclic) bond motifs is 1. The second-order valence-electron chi connectivity index (χ2n) is 9.49. The molecule has 1 aliphatic rings. The Morgan fingerprint density at radius 1 is 1.05 bits per heavy atom. The van der Waals surface area contributed by atoms with Gasteiger partial charge in [-0.3, -0.25) is 4.57 Å². The molecule has 0 aliphatic carbocycles. The molecule has 2 aromatic carbocycles. The number of hydrogen-bond donors (Lipinski definition) is 6. The van der Waals surface area contributed by atoms with Crippen molar-refractivity contribution in [1.29, 1.82) is 0 Å². The van der Waals surface area contributed by atoms with E-state index in [0.717, 1.165) is 29.4 Å². The summed E-state index contributed by atoms with van der Waals surface area (Å²) in [6.45, 7) is 0.210. The van der Waals surface area contributed by atoms with Crippen molar-refractivity contribution in [3.63, 3.8) is 0 Å². The number of rotatable bonds is 15. The van der Waals surface area contributed by atoms with Crippen LogP contribution in [-0.4, -0.2) is 88.3 Å². The van der Waals surface area contributed by atoms with Crippen molar-refractivity contribution in [3.8, 4) is 11.5 Å². The van der Waals surface area contributed by atoms with Crippen LogP contribution < -0.4 is 20.1 Å². The van der Waals surface area contributed by atoms with Gasteiger partial charge < -0.3 is 45.3 Å². The molecule has 6 N–H and O–H groups in total. The third-order valence-electron chi connectivity index (χ3n) is 6.84. The Hall–Kier alpha value is -2.93. The van der Waals surface area contributed by atoms with Crippen LogP contribution in [0.3, 0.4) is 0 Å². The zero-order chi connectivity index (χ0) is 27.0. The third kappa shape index (κ3) is 6.37. The van der Waals surface area contributed by atoms with Crippen molar-refractivity contribution in [2.75, 3.05) is 52.0 Å². The molecule has 1 aromatic heterocycles. The van der Waals surface area contributed by atoms with Crippen LogP contribution in [0.4, 0.5) is 5.95 Å². The van der Waals surface area contributed by atoms with Gasteiger partial charge in [0.05, 0.1) is 62.8 Å². The summed E-state index contributed by atoms with van der Waals surface area (Å²) >= 11 is 0. The van der Waals surface area contributed by atoms with Crippen molar-refractivity contribution in [2.24, 2.45) is 0 Å². The molecule has 0 amide bonds. The molecule has 4 rings (SSSR count). The molecule has 3 aromatic rings. The summed E-state index contributed by atoms with van der Waals surface area (Å²) in [5, 5.41) is 44.2. The number of imidazole rings is 1. The highest BCUT2D eigenvalue weighted by molar-refractivity contribution is 5.78. The zero-order valence-corrected chi connectivity index (χ0v) is 21.7. The predicted molar refractivity (Wildman–Crippen MR) is 142 cm³/mol. The number of ether oxygens (including phenoxy) is 3. The van der Waals surface area contributed by atoms with Gasteiger partial charge in [-0.15, -0.1) is 0 Å². The van der Waals surface area contributed by atoms with E-state index in [-0.39, 0.29) is 38.8 Å². The fourth-order valence-electron chi connectivity index (χ4n) is 4.52. The van der Waals surface area contributed by atoms with E-state index >= 15 is 0 Å². The number of aliphatic hydroxyl groups excluding tert-OH is 4. The number of methoxy groups -OCH3 is 1. The minimum absolute atomic E-state index is 0.00174. The maximum atomic E-state index is 9.52. The summed E-state index contributed by atoms with van der Waals surface area (Å²) in [6, 6.07) is 13.6. The first kappa shape index (κ1) is 28.1. The molecule has 2 atom stereocenters. The van der Waals surface area contributed by atoms with Gasteiger partial charge in [0.15, 0.2) is 11.5 Å². The molecule has 0 spiro atoms. The highest BCUT2D eigenvalue weighted by Gasteiger charge is 2.29. The molecule has 0 saturated carbocycles. The molecule has 0 unspecified atom stereocenters. The molecule has 0 radical (unpaired) electrons. The summed E-state index contributed by atoms with van der Waals surface area (Å²) in [4.78, 5) is 4.78. The molecule has 0 bridgehead atoms. The Kier molecular flexibility index (Phi) is 9.78. The van der Waals surface area contributed by atoms with Gasteiger partial charge >= 0.3 is 0 Å². The van der Waals surface area contributed by atoms with Crippen molar-refractivity contribution in [2.45, 2.75) is 43.7 Å². The van der Waals surface area contributed by atoms with Gasteiger partial charge in [0.2, 0.25) is 5.95 Å². The van der Waals surface area contributed by atoms with Crippen LogP contribution in [0, 0.1) is 0 Å². The van der Waals surface area contributed by atoms with Gasteiger partial charge in [-0.05, 0) is 55.6 Å². The monoisotopic (exact) mass is 530 g/mol. The van der Waals surface area contributed by atoms with Crippen molar-refractivity contribution >= 4 is 17.0 Å². The Morgan fingerprint density at radius 3 is 2.55 bits per heavy atom. The zero-order valence-electron chi connectivity index (χ0n) is 21.7. The molecule has 1 aliphatic heterocycles. The number of hydrogen-bond acceptors (Lipinski definition) is 10. The van der Waals surface area contributed by atoms with E-state index in [0.29, 0.717) is 43.6 Å². The van der Waals surface area contributed by atoms with Crippen LogP contribution in [0.5, 0.6) is 11.5 Å². The van der Waals surface area contributed by atoms with E-state index in [1.54, 1.807) is 7.11 Å². The fourth-order valence-corrected chi connectivity index (χ4v) is 4.52. The minimum atomic E-state index is -1.11. The van der Waals surface area contributed by atoms with Crippen LogP contribution in [0.15, 0.2) is 42.5 Å². The summed E-state index contributed by atoms with van der Waals surface area (Å²) in [5.41, 5.74) is 1.70. The van der Waals surface area contributed by atoms with E-state index in [1.165, 1.54) is 0 Å². The second-order valence-corrected chi connectivity index (χ2v) is 9.49. The molecule has 1 fully saturated rings. The number of anilines is 1. The standard InChI is InChI=1S/C27H38N4O7/c1-36-23-9-7-19(13-24(23)37-12-4-11-29-27(16-33,17-34)18-35)14-28-26-30-21-5-2-3-6-22(21)31(26)25-10-8-20(15-32)38-25/h2-3,5-7,9,13,20,25,29,32-35H,4,8,10-12,14-18H2,1H3,(H,28,30)/t20-,25+/m0/s1. The summed E-state index contributed by atoms with van der Waals surface area (Å²) in [5.74, 6) is 1.90. The van der Waals surface area contributed by atoms with Gasteiger partial charge in [0, 0.05) is 6.54 Å². The van der Waals surface area contributed by atoms with Crippen molar-refractivity contribution in [1.82, 2.24) is 14.9 Å². The molecular formula is C27H38N4O7. The lowest BCUT2D eigenvalue weighted by atomic mass is 10.0. The van der Waals surface area contributed by atoms with Crippen LogP contribution in [-0.2, 0) is 11.3 Å². The second kappa shape index (κ2) is 13.2. The molecule has 2 heterocycles. The lowest BCUT2D eigenvalue weighted by Crippen LogP contribution is -2.55. The van der Waals surface area contributed by atoms with Crippen LogP contribution in [0.1, 0.15) is 31.1 Å². The van der Waals surface area contributed by atoms with Gasteiger partial charge in [-0.1, -0.05) is 18.2 Å². The average molecular weight is 531 g/mol. The highest BCUT2D eigenvalue weighted by Crippen LogP contribution is 2.34. The number of aliphatic hydroxyl groups is 4. The summed E-state index contributed by atoms with van der Waals surface area (Å²) in [6.07, 6.45) is 1.81. The molecule has 1 saturated heterocycles. The Balaban J connectivity index is 1.41. The normalized spacial score (nSPS) is 17.7. The van der Waals surface area contributed by atoms with E-state index in [9.17, 15) is 20.4 Å². The molecule has 11 heteroatoms. The van der Waals surface area contributed by atoms with Gasteiger partial charge in [-0.25, -0.2) is 4.98 Å². The van der Waals surface area contributed by atoms with Crippen LogP contribution >= 0.6 is 0 Å². The number of nitrogens with zero attached hydrogens (tertiary/aromatic N) is 2. The van der Waals surface area contributed by atoms with Gasteiger partial charge in [-0.2, -0.15) is 0 Å². The predicted octanol–water partition coefficient (Wildman–Crippen LogP) is 1.40. The van der Waals surface area contributed by atoms with Crippen molar-refractivity contribution in [3.05, 3.63) is 48.0 Å². The average Bonchev–Trinajstić information content (AvgIpc) is 3.58. The number of benzene rings is 2. The Labute approximate surface area is 222 Å². The van der Waals surface area contributed by atoms with Gasteiger partial charge in [0.1, 0.15) is 6.23 Å². The first-order valence-electron chi connectivity index (χ1n) is 12.9. The van der Waals surface area contributed by atoms with E-state index in [2.05, 4.69) is 15.2 Å². The minimum Gasteiger partial charge on any atom is -0.493 e. The maximum absolute atomic E-state index is 9.52. The maximum Gasteiger partial charge on any atom is 0.206 e. The topological polar surface area (TPSA) is 150 Å². The van der Waals surface area contributed by atoms with E-state index in [4.69, 9.17) is 19.2 Å². The number of aromatic nitrogens is 2. The highest BCUT2D eigenvalue weighted by atomic mass is 16.5. The fraction of sp³-hybridized carbons (Fsp3) is 0.519. The number of nitrogens with one attached hydrogen (secondary N) is 2. The third-order valence-corrected chi connectivity index (χ3v) is 6.84. The Bertz CT molecular complexity index is 1160. The quantitative estimate of drug-likeness (QED) is 0.159. The summed E-state index contributed by atoms with van der Waals surface area (Å²) < 4.78 is 19.6. The largest absolute Gasteiger partial charge is 0.493 e. The smallest absolute Gasteiger partial charge is 0.206 e. The molecule has 11 nitrogen and oxygen atoms in total. The lowest BCUT2D eigenvalue weighted by Gasteiger charge is -2.28. The molecule has 208 valence electrons. The number of para-hydroxylation sites is 2. The SMILES string of the molecule is COc1ccc(CNc2nc3ccccc3n2[C@H]2CC[C@@H](CO)O2)cc1OCCCNC(CO)(CO)CO. The van der Waals surface area contributed by atoms with Crippen molar-refractivity contribution < 1.29 is 34.6 Å². The lowest BCUT2D eigenvalue weighted by molar-refractivity contribution is -0.0195. The summed E-state index contributed by atoms with van der Waals surface area (Å²) in [7, 11) is 1.59.